The summed E-state index contributed by atoms with van der Waals surface area (Å²) in [5.41, 5.74) is 13.9. The average Bonchev–Trinajstić information content (AvgIpc) is 3.85. The summed E-state index contributed by atoms with van der Waals surface area (Å²) in [5, 5.41) is 1.89. The van der Waals surface area contributed by atoms with Crippen LogP contribution < -0.4 is 0 Å². The minimum absolute atomic E-state index is 0.628. The highest BCUT2D eigenvalue weighted by atomic mass is 16.3. The van der Waals surface area contributed by atoms with Crippen LogP contribution in [0.5, 0.6) is 0 Å². The number of furan rings is 2. The highest BCUT2D eigenvalue weighted by molar-refractivity contribution is 6.08. The molecule has 0 spiro atoms. The van der Waals surface area contributed by atoms with Crippen LogP contribution in [0, 0.1) is 0 Å². The molecule has 0 aliphatic carbocycles. The van der Waals surface area contributed by atoms with E-state index in [-0.39, 0.29) is 0 Å². The Morgan fingerprint density at radius 2 is 0.661 bits per heavy atom. The molecule has 0 N–H and O–H groups in total. The standard InChI is InChI=1S/C50H30N4O2/c1-3-13-31(14-4-1)35-17-11-19-37(29-35)49-51-43(47-45(53-49)39-21-7-9-23-41(39)55-47)33-25-27-34(28-26-33)44-48-46(40-22-8-10-24-42(40)56-48)54-50(52-44)38-20-12-18-36(30-38)32-15-5-2-6-16-32/h1-30H. The van der Waals surface area contributed by atoms with E-state index in [1.807, 2.05) is 60.7 Å². The molecular formula is C50H30N4O2. The van der Waals surface area contributed by atoms with Crippen molar-refractivity contribution >= 4 is 44.1 Å². The summed E-state index contributed by atoms with van der Waals surface area (Å²) in [6.07, 6.45) is 0. The topological polar surface area (TPSA) is 77.8 Å². The zero-order valence-electron chi connectivity index (χ0n) is 29.9. The molecule has 0 fully saturated rings. The Morgan fingerprint density at radius 1 is 0.286 bits per heavy atom. The van der Waals surface area contributed by atoms with E-state index in [2.05, 4.69) is 121 Å². The first-order valence-corrected chi connectivity index (χ1v) is 18.5. The normalized spacial score (nSPS) is 11.6. The van der Waals surface area contributed by atoms with Gasteiger partial charge in [0.25, 0.3) is 0 Å². The molecule has 0 saturated heterocycles. The number of fused-ring (bicyclic) bond motifs is 6. The van der Waals surface area contributed by atoms with Gasteiger partial charge in [0.1, 0.15) is 33.6 Å². The van der Waals surface area contributed by atoms with Gasteiger partial charge in [0.05, 0.1) is 0 Å². The maximum absolute atomic E-state index is 6.47. The van der Waals surface area contributed by atoms with Crippen LogP contribution in [0.1, 0.15) is 0 Å². The van der Waals surface area contributed by atoms with Crippen molar-refractivity contribution < 1.29 is 8.83 Å². The van der Waals surface area contributed by atoms with Gasteiger partial charge in [-0.2, -0.15) is 0 Å². The molecular weight excluding hydrogens is 689 g/mol. The van der Waals surface area contributed by atoms with Crippen LogP contribution in [0.3, 0.4) is 0 Å². The number of para-hydroxylation sites is 2. The van der Waals surface area contributed by atoms with Gasteiger partial charge in [-0.25, -0.2) is 19.9 Å². The smallest absolute Gasteiger partial charge is 0.180 e. The fraction of sp³-hybridized carbons (Fsp3) is 0. The molecule has 0 amide bonds. The number of benzene rings is 7. The average molecular weight is 719 g/mol. The van der Waals surface area contributed by atoms with Crippen LogP contribution in [0.25, 0.3) is 112 Å². The number of hydrogen-bond acceptors (Lipinski definition) is 6. The monoisotopic (exact) mass is 718 g/mol. The molecule has 6 heteroatoms. The molecule has 4 aromatic heterocycles. The van der Waals surface area contributed by atoms with Crippen LogP contribution in [0.4, 0.5) is 0 Å². The molecule has 262 valence electrons. The zero-order valence-corrected chi connectivity index (χ0v) is 29.9. The first kappa shape index (κ1) is 31.8. The molecule has 11 aromatic rings. The third kappa shape index (κ3) is 5.43. The summed E-state index contributed by atoms with van der Waals surface area (Å²) < 4.78 is 12.9. The summed E-state index contributed by atoms with van der Waals surface area (Å²) in [6, 6.07) is 61.7. The van der Waals surface area contributed by atoms with Crippen molar-refractivity contribution in [1.29, 1.82) is 0 Å². The van der Waals surface area contributed by atoms with Gasteiger partial charge in [-0.15, -0.1) is 0 Å². The lowest BCUT2D eigenvalue weighted by atomic mass is 10.0. The minimum Gasteiger partial charge on any atom is -0.452 e. The maximum Gasteiger partial charge on any atom is 0.180 e. The number of nitrogens with zero attached hydrogens (tertiary/aromatic N) is 4. The fourth-order valence-corrected chi connectivity index (χ4v) is 7.55. The second kappa shape index (κ2) is 13.0. The van der Waals surface area contributed by atoms with Crippen LogP contribution in [-0.2, 0) is 0 Å². The number of hydrogen-bond donors (Lipinski definition) is 0. The van der Waals surface area contributed by atoms with E-state index in [0.717, 1.165) is 77.5 Å². The lowest BCUT2D eigenvalue weighted by Crippen LogP contribution is -1.95. The highest BCUT2D eigenvalue weighted by Crippen LogP contribution is 2.39. The summed E-state index contributed by atoms with van der Waals surface area (Å²) in [4.78, 5) is 20.6. The third-order valence-corrected chi connectivity index (χ3v) is 10.3. The first-order valence-electron chi connectivity index (χ1n) is 18.5. The molecule has 0 saturated carbocycles. The van der Waals surface area contributed by atoms with Crippen LogP contribution >= 0.6 is 0 Å². The molecule has 7 aromatic carbocycles. The van der Waals surface area contributed by atoms with Crippen molar-refractivity contribution in [2.75, 3.05) is 0 Å². The van der Waals surface area contributed by atoms with E-state index in [1.54, 1.807) is 0 Å². The number of aromatic nitrogens is 4. The van der Waals surface area contributed by atoms with Gasteiger partial charge in [0.15, 0.2) is 22.8 Å². The van der Waals surface area contributed by atoms with Crippen molar-refractivity contribution in [2.24, 2.45) is 0 Å². The van der Waals surface area contributed by atoms with E-state index in [1.165, 1.54) is 0 Å². The van der Waals surface area contributed by atoms with E-state index in [4.69, 9.17) is 28.8 Å². The molecule has 4 heterocycles. The highest BCUT2D eigenvalue weighted by Gasteiger charge is 2.21. The van der Waals surface area contributed by atoms with E-state index < -0.39 is 0 Å². The second-order valence-corrected chi connectivity index (χ2v) is 13.8. The Labute approximate surface area is 321 Å². The Hall–Kier alpha value is -7.70. The van der Waals surface area contributed by atoms with Crippen molar-refractivity contribution in [2.45, 2.75) is 0 Å². The number of rotatable bonds is 6. The molecule has 11 rings (SSSR count). The Bertz CT molecular complexity index is 3020. The van der Waals surface area contributed by atoms with Crippen LogP contribution in [-0.4, -0.2) is 19.9 Å². The summed E-state index contributed by atoms with van der Waals surface area (Å²) in [6.45, 7) is 0. The lowest BCUT2D eigenvalue weighted by molar-refractivity contribution is 0.667. The Balaban J connectivity index is 1.06. The summed E-state index contributed by atoms with van der Waals surface area (Å²) in [5.74, 6) is 1.26. The molecule has 56 heavy (non-hydrogen) atoms. The van der Waals surface area contributed by atoms with Crippen LogP contribution in [0.2, 0.25) is 0 Å². The Morgan fingerprint density at radius 3 is 1.11 bits per heavy atom. The SMILES string of the molecule is c1ccc(-c2cccc(-c3nc(-c4ccc(-c5nc(-c6cccc(-c7ccccc7)c6)nc6c5oc5ccccc56)cc4)c4oc5ccccc5c4n3)c2)cc1. The molecule has 0 unspecified atom stereocenters. The van der Waals surface area contributed by atoms with E-state index >= 15 is 0 Å². The fourth-order valence-electron chi connectivity index (χ4n) is 7.55. The first-order chi connectivity index (χ1) is 27.7. The third-order valence-electron chi connectivity index (χ3n) is 10.3. The molecule has 0 bridgehead atoms. The van der Waals surface area contributed by atoms with Gasteiger partial charge in [-0.1, -0.05) is 146 Å². The second-order valence-electron chi connectivity index (χ2n) is 13.8. The maximum atomic E-state index is 6.47. The van der Waals surface area contributed by atoms with E-state index in [0.29, 0.717) is 34.2 Å². The zero-order chi connectivity index (χ0) is 37.0. The molecule has 0 aliphatic heterocycles. The van der Waals surface area contributed by atoms with Gasteiger partial charge >= 0.3 is 0 Å². The van der Waals surface area contributed by atoms with Gasteiger partial charge in [-0.05, 0) is 58.7 Å². The van der Waals surface area contributed by atoms with Crippen molar-refractivity contribution in [3.8, 4) is 67.5 Å². The predicted molar refractivity (Wildman–Crippen MR) is 225 cm³/mol. The molecule has 0 atom stereocenters. The molecule has 0 radical (unpaired) electrons. The lowest BCUT2D eigenvalue weighted by Gasteiger charge is -2.10. The predicted octanol–water partition coefficient (Wildman–Crippen LogP) is 13.1. The van der Waals surface area contributed by atoms with Gasteiger partial charge < -0.3 is 8.83 Å². The minimum atomic E-state index is 0.628. The molecule has 6 nitrogen and oxygen atoms in total. The van der Waals surface area contributed by atoms with Crippen molar-refractivity contribution in [3.63, 3.8) is 0 Å². The quantitative estimate of drug-likeness (QED) is 0.170. The van der Waals surface area contributed by atoms with Crippen molar-refractivity contribution in [3.05, 3.63) is 182 Å². The summed E-state index contributed by atoms with van der Waals surface area (Å²) >= 11 is 0. The van der Waals surface area contributed by atoms with Gasteiger partial charge in [0.2, 0.25) is 0 Å². The van der Waals surface area contributed by atoms with E-state index in [9.17, 15) is 0 Å². The largest absolute Gasteiger partial charge is 0.452 e. The van der Waals surface area contributed by atoms with Gasteiger partial charge in [-0.3, -0.25) is 0 Å². The Kier molecular flexibility index (Phi) is 7.38. The van der Waals surface area contributed by atoms with Crippen molar-refractivity contribution in [1.82, 2.24) is 19.9 Å². The molecule has 0 aliphatic rings. The van der Waals surface area contributed by atoms with Gasteiger partial charge in [0, 0.05) is 33.0 Å². The summed E-state index contributed by atoms with van der Waals surface area (Å²) in [7, 11) is 0. The van der Waals surface area contributed by atoms with Crippen LogP contribution in [0.15, 0.2) is 191 Å².